The van der Waals surface area contributed by atoms with E-state index in [9.17, 15) is 4.79 Å². The van der Waals surface area contributed by atoms with Crippen molar-refractivity contribution in [2.24, 2.45) is 0 Å². The lowest BCUT2D eigenvalue weighted by Gasteiger charge is -2.21. The van der Waals surface area contributed by atoms with Gasteiger partial charge < -0.3 is 15.2 Å². The molecule has 1 unspecified atom stereocenters. The van der Waals surface area contributed by atoms with Gasteiger partial charge in [-0.2, -0.15) is 0 Å². The van der Waals surface area contributed by atoms with Crippen LogP contribution in [0.2, 0.25) is 0 Å². The van der Waals surface area contributed by atoms with Gasteiger partial charge in [0, 0.05) is 18.9 Å². The van der Waals surface area contributed by atoms with E-state index in [0.29, 0.717) is 13.0 Å². The molecule has 1 atom stereocenters. The Morgan fingerprint density at radius 1 is 1.33 bits per heavy atom. The summed E-state index contributed by atoms with van der Waals surface area (Å²) in [7, 11) is 0. The van der Waals surface area contributed by atoms with Crippen LogP contribution in [0.5, 0.6) is 0 Å². The van der Waals surface area contributed by atoms with Gasteiger partial charge in [-0.1, -0.05) is 12.1 Å². The van der Waals surface area contributed by atoms with Crippen LogP contribution >= 0.6 is 0 Å². The van der Waals surface area contributed by atoms with Crippen LogP contribution in [0, 0.1) is 0 Å². The molecule has 0 aliphatic carbocycles. The average molecular weight is 249 g/mol. The summed E-state index contributed by atoms with van der Waals surface area (Å²) in [6.45, 7) is 0.815. The first-order chi connectivity index (χ1) is 8.79. The second-order valence-corrected chi connectivity index (χ2v) is 4.51. The highest BCUT2D eigenvalue weighted by Crippen LogP contribution is 2.16. The molecule has 1 saturated heterocycles. The molecule has 4 heteroatoms. The summed E-state index contributed by atoms with van der Waals surface area (Å²) < 4.78 is 5.43. The van der Waals surface area contributed by atoms with Gasteiger partial charge >= 0.3 is 0 Å². The molecule has 1 heterocycles. The van der Waals surface area contributed by atoms with Crippen molar-refractivity contribution in [3.8, 4) is 0 Å². The number of hydrogen-bond donors (Lipinski definition) is 2. The topological polar surface area (TPSA) is 58.6 Å². The van der Waals surface area contributed by atoms with E-state index in [1.54, 1.807) is 0 Å². The van der Waals surface area contributed by atoms with Crippen LogP contribution in [0.15, 0.2) is 24.3 Å². The molecule has 4 nitrogen and oxygen atoms in total. The van der Waals surface area contributed by atoms with Crippen molar-refractivity contribution in [1.82, 2.24) is 0 Å². The first-order valence-corrected chi connectivity index (χ1v) is 6.42. The van der Waals surface area contributed by atoms with Gasteiger partial charge in [-0.15, -0.1) is 0 Å². The van der Waals surface area contributed by atoms with E-state index in [0.717, 1.165) is 30.5 Å². The Hall–Kier alpha value is -1.39. The molecule has 98 valence electrons. The molecule has 1 aromatic rings. The van der Waals surface area contributed by atoms with Crippen LogP contribution in [-0.4, -0.2) is 30.3 Å². The van der Waals surface area contributed by atoms with Gasteiger partial charge in [0.1, 0.15) is 6.10 Å². The zero-order valence-electron chi connectivity index (χ0n) is 10.4. The molecule has 0 spiro atoms. The third-order valence-corrected chi connectivity index (χ3v) is 3.09. The molecule has 1 fully saturated rings. The Morgan fingerprint density at radius 3 is 2.72 bits per heavy atom. The number of ether oxygens (including phenoxy) is 1. The van der Waals surface area contributed by atoms with E-state index in [4.69, 9.17) is 9.84 Å². The van der Waals surface area contributed by atoms with Crippen molar-refractivity contribution in [3.63, 3.8) is 0 Å². The van der Waals surface area contributed by atoms with Gasteiger partial charge in [-0.05, 0) is 43.4 Å². The number of anilines is 1. The highest BCUT2D eigenvalue weighted by atomic mass is 16.5. The van der Waals surface area contributed by atoms with Crippen LogP contribution < -0.4 is 5.32 Å². The first-order valence-electron chi connectivity index (χ1n) is 6.42. The van der Waals surface area contributed by atoms with Crippen LogP contribution in [0.3, 0.4) is 0 Å². The van der Waals surface area contributed by atoms with Gasteiger partial charge in [0.15, 0.2) is 0 Å². The molecule has 0 saturated carbocycles. The molecular formula is C14H19NO3. The maximum Gasteiger partial charge on any atom is 0.253 e. The standard InChI is InChI=1S/C14H19NO3/c16-9-8-11-4-6-12(7-5-11)15-14(17)13-3-1-2-10-18-13/h4-7,13,16H,1-3,8-10H2,(H,15,17). The number of carbonyl (C=O) groups is 1. The third kappa shape index (κ3) is 3.55. The minimum absolute atomic E-state index is 0.0652. The lowest BCUT2D eigenvalue weighted by molar-refractivity contribution is -0.129. The number of amides is 1. The Bertz CT molecular complexity index is 383. The molecule has 18 heavy (non-hydrogen) atoms. The Kier molecular flexibility index (Phi) is 4.73. The van der Waals surface area contributed by atoms with Crippen LogP contribution in [0.1, 0.15) is 24.8 Å². The number of carbonyl (C=O) groups excluding carboxylic acids is 1. The lowest BCUT2D eigenvalue weighted by Crippen LogP contribution is -2.33. The molecule has 0 radical (unpaired) electrons. The van der Waals surface area contributed by atoms with E-state index < -0.39 is 0 Å². The third-order valence-electron chi connectivity index (χ3n) is 3.09. The van der Waals surface area contributed by atoms with Gasteiger partial charge in [0.25, 0.3) is 5.91 Å². The van der Waals surface area contributed by atoms with Crippen molar-refractivity contribution in [2.45, 2.75) is 31.8 Å². The van der Waals surface area contributed by atoms with Crippen LogP contribution in [0.4, 0.5) is 5.69 Å². The summed E-state index contributed by atoms with van der Waals surface area (Å²) in [5, 5.41) is 11.7. The normalized spacial score (nSPS) is 19.5. The molecule has 1 aliphatic rings. The Labute approximate surface area is 107 Å². The predicted molar refractivity (Wildman–Crippen MR) is 69.5 cm³/mol. The summed E-state index contributed by atoms with van der Waals surface area (Å²) in [4.78, 5) is 11.9. The maximum atomic E-state index is 11.9. The molecule has 1 aromatic carbocycles. The minimum atomic E-state index is -0.309. The zero-order chi connectivity index (χ0) is 12.8. The summed E-state index contributed by atoms with van der Waals surface area (Å²) in [6.07, 6.45) is 3.22. The molecular weight excluding hydrogens is 230 g/mol. The van der Waals surface area contributed by atoms with E-state index in [1.807, 2.05) is 24.3 Å². The molecule has 1 amide bonds. The fraction of sp³-hybridized carbons (Fsp3) is 0.500. The Balaban J connectivity index is 1.89. The largest absolute Gasteiger partial charge is 0.396 e. The van der Waals surface area contributed by atoms with Crippen LogP contribution in [0.25, 0.3) is 0 Å². The van der Waals surface area contributed by atoms with Gasteiger partial charge in [0.05, 0.1) is 0 Å². The number of hydrogen-bond acceptors (Lipinski definition) is 3. The van der Waals surface area contributed by atoms with Crippen molar-refractivity contribution in [2.75, 3.05) is 18.5 Å². The highest BCUT2D eigenvalue weighted by molar-refractivity contribution is 5.94. The second-order valence-electron chi connectivity index (χ2n) is 4.51. The quantitative estimate of drug-likeness (QED) is 0.854. The fourth-order valence-corrected chi connectivity index (χ4v) is 2.05. The molecule has 2 N–H and O–H groups in total. The SMILES string of the molecule is O=C(Nc1ccc(CCO)cc1)C1CCCCO1. The van der Waals surface area contributed by atoms with Crippen molar-refractivity contribution in [3.05, 3.63) is 29.8 Å². The smallest absolute Gasteiger partial charge is 0.253 e. The summed E-state index contributed by atoms with van der Waals surface area (Å²) in [5.74, 6) is -0.0652. The zero-order valence-corrected chi connectivity index (χ0v) is 10.4. The van der Waals surface area contributed by atoms with Gasteiger partial charge in [-0.25, -0.2) is 0 Å². The fourth-order valence-electron chi connectivity index (χ4n) is 2.05. The van der Waals surface area contributed by atoms with E-state index in [1.165, 1.54) is 0 Å². The van der Waals surface area contributed by atoms with E-state index >= 15 is 0 Å². The lowest BCUT2D eigenvalue weighted by atomic mass is 10.1. The Morgan fingerprint density at radius 2 is 2.11 bits per heavy atom. The van der Waals surface area contributed by atoms with E-state index in [-0.39, 0.29) is 18.6 Å². The highest BCUT2D eigenvalue weighted by Gasteiger charge is 2.21. The summed E-state index contributed by atoms with van der Waals surface area (Å²) in [6, 6.07) is 7.53. The maximum absolute atomic E-state index is 11.9. The number of benzene rings is 1. The predicted octanol–water partition coefficient (Wildman–Crippen LogP) is 1.73. The van der Waals surface area contributed by atoms with Crippen molar-refractivity contribution >= 4 is 11.6 Å². The molecule has 0 aromatic heterocycles. The first kappa shape index (κ1) is 13.1. The molecule has 2 rings (SSSR count). The number of rotatable bonds is 4. The van der Waals surface area contributed by atoms with Crippen LogP contribution in [-0.2, 0) is 16.0 Å². The van der Waals surface area contributed by atoms with Gasteiger partial charge in [-0.3, -0.25) is 4.79 Å². The summed E-state index contributed by atoms with van der Waals surface area (Å²) >= 11 is 0. The van der Waals surface area contributed by atoms with Crippen molar-refractivity contribution < 1.29 is 14.6 Å². The molecule has 0 bridgehead atoms. The number of aliphatic hydroxyl groups excluding tert-OH is 1. The second kappa shape index (κ2) is 6.52. The summed E-state index contributed by atoms with van der Waals surface area (Å²) in [5.41, 5.74) is 1.83. The molecule has 1 aliphatic heterocycles. The number of aliphatic hydroxyl groups is 1. The number of nitrogens with one attached hydrogen (secondary N) is 1. The average Bonchev–Trinajstić information content (AvgIpc) is 2.42. The minimum Gasteiger partial charge on any atom is -0.396 e. The van der Waals surface area contributed by atoms with E-state index in [2.05, 4.69) is 5.32 Å². The van der Waals surface area contributed by atoms with Crippen molar-refractivity contribution in [1.29, 1.82) is 0 Å². The van der Waals surface area contributed by atoms with Gasteiger partial charge in [0.2, 0.25) is 0 Å². The monoisotopic (exact) mass is 249 g/mol.